The zero-order valence-corrected chi connectivity index (χ0v) is 12.3. The summed E-state index contributed by atoms with van der Waals surface area (Å²) in [5.74, 6) is -0.795. The van der Waals surface area contributed by atoms with Crippen LogP contribution in [0.5, 0.6) is 0 Å². The van der Waals surface area contributed by atoms with Gasteiger partial charge in [0, 0.05) is 6.61 Å². The first-order valence-corrected chi connectivity index (χ1v) is 6.92. The van der Waals surface area contributed by atoms with E-state index in [1.165, 1.54) is 0 Å². The maximum absolute atomic E-state index is 12.3. The van der Waals surface area contributed by atoms with Crippen molar-refractivity contribution in [3.8, 4) is 6.07 Å². The van der Waals surface area contributed by atoms with E-state index >= 15 is 0 Å². The van der Waals surface area contributed by atoms with E-state index < -0.39 is 5.92 Å². The first-order valence-electron chi connectivity index (χ1n) is 6.92. The van der Waals surface area contributed by atoms with Gasteiger partial charge in [-0.25, -0.2) is 0 Å². The molecule has 1 aromatic rings. The Morgan fingerprint density at radius 2 is 2.00 bits per heavy atom. The summed E-state index contributed by atoms with van der Waals surface area (Å²) in [6.45, 7) is 7.04. The van der Waals surface area contributed by atoms with Gasteiger partial charge in [0.25, 0.3) is 0 Å². The summed E-state index contributed by atoms with van der Waals surface area (Å²) in [7, 11) is 0. The van der Waals surface area contributed by atoms with Crippen molar-refractivity contribution >= 4 is 5.91 Å². The van der Waals surface area contributed by atoms with Gasteiger partial charge in [0.15, 0.2) is 0 Å². The van der Waals surface area contributed by atoms with Crippen LogP contribution in [0, 0.1) is 17.2 Å². The van der Waals surface area contributed by atoms with Crippen LogP contribution in [-0.4, -0.2) is 25.2 Å². The lowest BCUT2D eigenvalue weighted by Gasteiger charge is -2.23. The Labute approximate surface area is 120 Å². The molecule has 1 rings (SSSR count). The predicted molar refractivity (Wildman–Crippen MR) is 78.1 cm³/mol. The molecule has 108 valence electrons. The molecule has 0 fully saturated rings. The van der Waals surface area contributed by atoms with E-state index in [1.807, 2.05) is 39.0 Å². The molecule has 0 aromatic heterocycles. The highest BCUT2D eigenvalue weighted by molar-refractivity contribution is 5.86. The van der Waals surface area contributed by atoms with Crippen molar-refractivity contribution in [1.29, 1.82) is 5.26 Å². The lowest BCUT2D eigenvalue weighted by molar-refractivity contribution is -0.123. The molecule has 1 N–H and O–H groups in total. The van der Waals surface area contributed by atoms with Gasteiger partial charge in [0.05, 0.1) is 18.7 Å². The van der Waals surface area contributed by atoms with Gasteiger partial charge in [0.1, 0.15) is 5.92 Å². The predicted octanol–water partition coefficient (Wildman–Crippen LogP) is 2.47. The molecule has 20 heavy (non-hydrogen) atoms. The quantitative estimate of drug-likeness (QED) is 0.830. The third kappa shape index (κ3) is 4.67. The highest BCUT2D eigenvalue weighted by Crippen LogP contribution is 2.15. The Hall–Kier alpha value is -1.86. The lowest BCUT2D eigenvalue weighted by atomic mass is 9.98. The van der Waals surface area contributed by atoms with E-state index in [1.54, 1.807) is 12.1 Å². The Morgan fingerprint density at radius 1 is 1.35 bits per heavy atom. The van der Waals surface area contributed by atoms with E-state index in [4.69, 9.17) is 4.74 Å². The highest BCUT2D eigenvalue weighted by atomic mass is 16.5. The molecule has 0 aliphatic rings. The van der Waals surface area contributed by atoms with Crippen LogP contribution in [0.2, 0.25) is 0 Å². The molecule has 4 heteroatoms. The Morgan fingerprint density at radius 3 is 2.50 bits per heavy atom. The minimum atomic E-state index is -0.779. The molecule has 0 saturated carbocycles. The molecule has 1 amide bonds. The second kappa shape index (κ2) is 8.34. The number of rotatable bonds is 7. The van der Waals surface area contributed by atoms with E-state index in [9.17, 15) is 10.1 Å². The summed E-state index contributed by atoms with van der Waals surface area (Å²) in [5, 5.41) is 12.1. The van der Waals surface area contributed by atoms with E-state index in [0.717, 1.165) is 0 Å². The molecular weight excluding hydrogens is 252 g/mol. The number of hydrogen-bond donors (Lipinski definition) is 1. The number of nitrogens with one attached hydrogen (secondary N) is 1. The van der Waals surface area contributed by atoms with Gasteiger partial charge in [0.2, 0.25) is 5.91 Å². The van der Waals surface area contributed by atoms with E-state index in [-0.39, 0.29) is 17.9 Å². The number of carbonyl (C=O) groups is 1. The average molecular weight is 274 g/mol. The van der Waals surface area contributed by atoms with Crippen LogP contribution < -0.4 is 5.32 Å². The molecule has 2 atom stereocenters. The van der Waals surface area contributed by atoms with E-state index in [2.05, 4.69) is 11.4 Å². The van der Waals surface area contributed by atoms with Crippen molar-refractivity contribution in [3.05, 3.63) is 35.9 Å². The fourth-order valence-electron chi connectivity index (χ4n) is 1.84. The van der Waals surface area contributed by atoms with Crippen molar-refractivity contribution in [3.63, 3.8) is 0 Å². The molecule has 4 nitrogen and oxygen atoms in total. The Kier molecular flexibility index (Phi) is 6.75. The normalized spacial score (nSPS) is 13.6. The fraction of sp³-hybridized carbons (Fsp3) is 0.500. The number of carbonyl (C=O) groups excluding carboxylic acids is 1. The summed E-state index contributed by atoms with van der Waals surface area (Å²) < 4.78 is 5.38. The van der Waals surface area contributed by atoms with Gasteiger partial charge in [-0.15, -0.1) is 0 Å². The molecule has 0 bridgehead atoms. The highest BCUT2D eigenvalue weighted by Gasteiger charge is 2.24. The van der Waals surface area contributed by atoms with Gasteiger partial charge in [-0.05, 0) is 18.4 Å². The monoisotopic (exact) mass is 274 g/mol. The van der Waals surface area contributed by atoms with Gasteiger partial charge < -0.3 is 10.1 Å². The third-order valence-corrected chi connectivity index (χ3v) is 3.16. The summed E-state index contributed by atoms with van der Waals surface area (Å²) in [4.78, 5) is 12.3. The Balaban J connectivity index is 2.74. The van der Waals surface area contributed by atoms with Gasteiger partial charge in [-0.2, -0.15) is 5.26 Å². The van der Waals surface area contributed by atoms with Crippen molar-refractivity contribution in [2.24, 2.45) is 5.92 Å². The largest absolute Gasteiger partial charge is 0.380 e. The SMILES string of the molecule is CCOCC(NC(=O)C(C#N)c1ccccc1)C(C)C. The molecule has 0 aliphatic carbocycles. The maximum Gasteiger partial charge on any atom is 0.242 e. The van der Waals surface area contributed by atoms with Crippen molar-refractivity contribution in [1.82, 2.24) is 5.32 Å². The minimum absolute atomic E-state index is 0.0815. The van der Waals surface area contributed by atoms with Crippen LogP contribution in [0.15, 0.2) is 30.3 Å². The molecule has 2 unspecified atom stereocenters. The molecule has 0 spiro atoms. The molecule has 0 heterocycles. The second-order valence-corrected chi connectivity index (χ2v) is 4.99. The molecule has 1 aromatic carbocycles. The van der Waals surface area contributed by atoms with Crippen LogP contribution in [0.1, 0.15) is 32.3 Å². The average Bonchev–Trinajstić information content (AvgIpc) is 2.45. The van der Waals surface area contributed by atoms with Crippen LogP contribution in [0.4, 0.5) is 0 Å². The number of nitrogens with zero attached hydrogens (tertiary/aromatic N) is 1. The van der Waals surface area contributed by atoms with Crippen molar-refractivity contribution in [2.45, 2.75) is 32.7 Å². The second-order valence-electron chi connectivity index (χ2n) is 4.99. The first kappa shape index (κ1) is 16.2. The number of nitriles is 1. The fourth-order valence-corrected chi connectivity index (χ4v) is 1.84. The zero-order chi connectivity index (χ0) is 15.0. The lowest BCUT2D eigenvalue weighted by Crippen LogP contribution is -2.43. The van der Waals surface area contributed by atoms with Crippen LogP contribution in [0.25, 0.3) is 0 Å². The number of hydrogen-bond acceptors (Lipinski definition) is 3. The smallest absolute Gasteiger partial charge is 0.242 e. The maximum atomic E-state index is 12.3. The topological polar surface area (TPSA) is 62.1 Å². The van der Waals surface area contributed by atoms with Gasteiger partial charge in [-0.1, -0.05) is 44.2 Å². The number of benzene rings is 1. The third-order valence-electron chi connectivity index (χ3n) is 3.16. The number of amides is 1. The molecule has 0 radical (unpaired) electrons. The Bertz CT molecular complexity index is 451. The zero-order valence-electron chi connectivity index (χ0n) is 12.3. The molecular formula is C16H22N2O2. The number of ether oxygens (including phenoxy) is 1. The molecule has 0 saturated heterocycles. The summed E-state index contributed by atoms with van der Waals surface area (Å²) >= 11 is 0. The standard InChI is InChI=1S/C16H22N2O2/c1-4-20-11-15(12(2)3)18-16(19)14(10-17)13-8-6-5-7-9-13/h5-9,12,14-15H,4,11H2,1-3H3,(H,18,19). The summed E-state index contributed by atoms with van der Waals surface area (Å²) in [6, 6.07) is 11.1. The van der Waals surface area contributed by atoms with Gasteiger partial charge >= 0.3 is 0 Å². The van der Waals surface area contributed by atoms with Crippen molar-refractivity contribution in [2.75, 3.05) is 13.2 Å². The van der Waals surface area contributed by atoms with Crippen LogP contribution >= 0.6 is 0 Å². The summed E-state index contributed by atoms with van der Waals surface area (Å²) in [6.07, 6.45) is 0. The first-order chi connectivity index (χ1) is 9.60. The summed E-state index contributed by atoms with van der Waals surface area (Å²) in [5.41, 5.74) is 0.714. The van der Waals surface area contributed by atoms with Crippen LogP contribution in [0.3, 0.4) is 0 Å². The van der Waals surface area contributed by atoms with E-state index in [0.29, 0.717) is 18.8 Å². The molecule has 0 aliphatic heterocycles. The van der Waals surface area contributed by atoms with Crippen molar-refractivity contribution < 1.29 is 9.53 Å². The minimum Gasteiger partial charge on any atom is -0.380 e. The van der Waals surface area contributed by atoms with Crippen LogP contribution in [-0.2, 0) is 9.53 Å². The van der Waals surface area contributed by atoms with Gasteiger partial charge in [-0.3, -0.25) is 4.79 Å².